The van der Waals surface area contributed by atoms with E-state index in [1.165, 1.54) is 18.2 Å². The summed E-state index contributed by atoms with van der Waals surface area (Å²) in [6.45, 7) is 1.98. The maximum atomic E-state index is 13.5. The van der Waals surface area contributed by atoms with E-state index in [0.717, 1.165) is 11.3 Å². The molecule has 1 atom stereocenters. The minimum absolute atomic E-state index is 0.0484. The predicted molar refractivity (Wildman–Crippen MR) is 67.3 cm³/mol. The fraction of sp³-hybridized carbons (Fsp3) is 0.231. The maximum absolute atomic E-state index is 13.5. The number of anilines is 1. The van der Waals surface area contributed by atoms with Crippen LogP contribution in [0, 0.1) is 11.6 Å². The van der Waals surface area contributed by atoms with E-state index >= 15 is 0 Å². The Balaban J connectivity index is 2.25. The molecule has 2 aromatic rings. The van der Waals surface area contributed by atoms with E-state index in [1.54, 1.807) is 11.3 Å². The van der Waals surface area contributed by atoms with Crippen LogP contribution in [0.2, 0.25) is 0 Å². The number of para-hydroxylation sites is 1. The van der Waals surface area contributed by atoms with Crippen LogP contribution in [0.1, 0.15) is 24.3 Å². The molecule has 1 N–H and O–H groups in total. The van der Waals surface area contributed by atoms with Gasteiger partial charge in [-0.1, -0.05) is 19.1 Å². The molecule has 1 aromatic heterocycles. The molecule has 2 rings (SSSR count). The molecule has 4 heteroatoms. The van der Waals surface area contributed by atoms with Gasteiger partial charge in [0, 0.05) is 4.88 Å². The van der Waals surface area contributed by atoms with Gasteiger partial charge in [0.1, 0.15) is 17.3 Å². The van der Waals surface area contributed by atoms with Crippen molar-refractivity contribution in [1.29, 1.82) is 0 Å². The number of benzene rings is 1. The van der Waals surface area contributed by atoms with E-state index in [4.69, 9.17) is 0 Å². The third-order valence-electron chi connectivity index (χ3n) is 2.58. The van der Waals surface area contributed by atoms with Crippen LogP contribution in [0.3, 0.4) is 0 Å². The molecule has 0 aliphatic heterocycles. The summed E-state index contributed by atoms with van der Waals surface area (Å²) in [6.07, 6.45) is 0.772. The Labute approximate surface area is 103 Å². The molecule has 1 unspecified atom stereocenters. The van der Waals surface area contributed by atoms with Crippen molar-refractivity contribution in [1.82, 2.24) is 0 Å². The van der Waals surface area contributed by atoms with Crippen LogP contribution in [-0.4, -0.2) is 0 Å². The summed E-state index contributed by atoms with van der Waals surface area (Å²) >= 11 is 1.58. The zero-order valence-electron chi connectivity index (χ0n) is 9.41. The minimum atomic E-state index is -0.556. The SMILES string of the molecule is CCC(Nc1c(F)cccc1F)c1cccs1. The first-order valence-corrected chi connectivity index (χ1v) is 6.34. The van der Waals surface area contributed by atoms with Crippen LogP contribution in [0.25, 0.3) is 0 Å². The molecule has 0 radical (unpaired) electrons. The van der Waals surface area contributed by atoms with Crippen LogP contribution < -0.4 is 5.32 Å². The van der Waals surface area contributed by atoms with Gasteiger partial charge in [-0.3, -0.25) is 0 Å². The van der Waals surface area contributed by atoms with Gasteiger partial charge in [-0.2, -0.15) is 0 Å². The lowest BCUT2D eigenvalue weighted by molar-refractivity contribution is 0.581. The Bertz CT molecular complexity index is 462. The van der Waals surface area contributed by atoms with Gasteiger partial charge >= 0.3 is 0 Å². The van der Waals surface area contributed by atoms with Gasteiger partial charge in [0.15, 0.2) is 0 Å². The highest BCUT2D eigenvalue weighted by atomic mass is 32.1. The molecule has 0 saturated heterocycles. The lowest BCUT2D eigenvalue weighted by Gasteiger charge is -2.17. The first-order chi connectivity index (χ1) is 8.22. The molecule has 0 bridgehead atoms. The summed E-state index contributed by atoms with van der Waals surface area (Å²) in [5.41, 5.74) is -0.0484. The minimum Gasteiger partial charge on any atom is -0.373 e. The van der Waals surface area contributed by atoms with Gasteiger partial charge in [-0.15, -0.1) is 11.3 Å². The monoisotopic (exact) mass is 253 g/mol. The van der Waals surface area contributed by atoms with Crippen LogP contribution in [-0.2, 0) is 0 Å². The Hall–Kier alpha value is -1.42. The molecule has 0 aliphatic rings. The summed E-state index contributed by atoms with van der Waals surface area (Å²) in [5.74, 6) is -1.11. The second-order valence-corrected chi connectivity index (χ2v) is 4.70. The standard InChI is InChI=1S/C13H13F2NS/c1-2-11(12-7-4-8-17-12)16-13-9(14)5-3-6-10(13)15/h3-8,11,16H,2H2,1H3. The molecule has 1 aromatic carbocycles. The number of nitrogens with one attached hydrogen (secondary N) is 1. The molecular formula is C13H13F2NS. The summed E-state index contributed by atoms with van der Waals surface area (Å²) < 4.78 is 27.0. The highest BCUT2D eigenvalue weighted by Crippen LogP contribution is 2.28. The number of thiophene rings is 1. The molecule has 17 heavy (non-hydrogen) atoms. The Morgan fingerprint density at radius 1 is 1.18 bits per heavy atom. The summed E-state index contributed by atoms with van der Waals surface area (Å²) in [6, 6.07) is 7.72. The lowest BCUT2D eigenvalue weighted by atomic mass is 10.1. The maximum Gasteiger partial charge on any atom is 0.149 e. The molecule has 0 amide bonds. The van der Waals surface area contributed by atoms with Gasteiger partial charge in [0.2, 0.25) is 0 Å². The van der Waals surface area contributed by atoms with E-state index in [2.05, 4.69) is 5.32 Å². The zero-order valence-corrected chi connectivity index (χ0v) is 10.2. The second kappa shape index (κ2) is 5.27. The third-order valence-corrected chi connectivity index (χ3v) is 3.56. The van der Waals surface area contributed by atoms with E-state index in [1.807, 2.05) is 24.4 Å². The zero-order chi connectivity index (χ0) is 12.3. The van der Waals surface area contributed by atoms with Gasteiger partial charge in [-0.25, -0.2) is 8.78 Å². The van der Waals surface area contributed by atoms with Crippen LogP contribution >= 0.6 is 11.3 Å². The van der Waals surface area contributed by atoms with Gasteiger partial charge in [-0.05, 0) is 30.0 Å². The molecule has 0 saturated carbocycles. The van der Waals surface area contributed by atoms with Crippen LogP contribution in [0.5, 0.6) is 0 Å². The number of rotatable bonds is 4. The van der Waals surface area contributed by atoms with E-state index in [9.17, 15) is 8.78 Å². The van der Waals surface area contributed by atoms with Gasteiger partial charge in [0.25, 0.3) is 0 Å². The van der Waals surface area contributed by atoms with Crippen molar-refractivity contribution < 1.29 is 8.78 Å². The van der Waals surface area contributed by atoms with E-state index in [0.29, 0.717) is 0 Å². The molecule has 1 heterocycles. The predicted octanol–water partition coefficient (Wildman–Crippen LogP) is 4.59. The van der Waals surface area contributed by atoms with Crippen molar-refractivity contribution in [2.45, 2.75) is 19.4 Å². The molecule has 1 nitrogen and oxygen atoms in total. The Kier molecular flexibility index (Phi) is 3.74. The van der Waals surface area contributed by atoms with Gasteiger partial charge in [0.05, 0.1) is 6.04 Å². The lowest BCUT2D eigenvalue weighted by Crippen LogP contribution is -2.10. The van der Waals surface area contributed by atoms with Crippen LogP contribution in [0.4, 0.5) is 14.5 Å². The highest BCUT2D eigenvalue weighted by molar-refractivity contribution is 7.10. The van der Waals surface area contributed by atoms with Crippen molar-refractivity contribution in [3.63, 3.8) is 0 Å². The average Bonchev–Trinajstić information content (AvgIpc) is 2.82. The second-order valence-electron chi connectivity index (χ2n) is 3.72. The first kappa shape index (κ1) is 12.0. The van der Waals surface area contributed by atoms with Crippen molar-refractivity contribution in [2.24, 2.45) is 0 Å². The molecule has 90 valence electrons. The van der Waals surface area contributed by atoms with Crippen LogP contribution in [0.15, 0.2) is 35.7 Å². The third kappa shape index (κ3) is 2.64. The number of hydrogen-bond acceptors (Lipinski definition) is 2. The fourth-order valence-electron chi connectivity index (χ4n) is 1.67. The largest absolute Gasteiger partial charge is 0.373 e. The fourth-order valence-corrected chi connectivity index (χ4v) is 2.54. The normalized spacial score (nSPS) is 12.4. The topological polar surface area (TPSA) is 12.0 Å². The van der Waals surface area contributed by atoms with Crippen molar-refractivity contribution in [3.05, 3.63) is 52.2 Å². The van der Waals surface area contributed by atoms with Crippen molar-refractivity contribution in [3.8, 4) is 0 Å². The van der Waals surface area contributed by atoms with Gasteiger partial charge < -0.3 is 5.32 Å². The number of halogens is 2. The van der Waals surface area contributed by atoms with E-state index in [-0.39, 0.29) is 11.7 Å². The summed E-state index contributed by atoms with van der Waals surface area (Å²) in [5, 5.41) is 4.88. The highest BCUT2D eigenvalue weighted by Gasteiger charge is 2.15. The summed E-state index contributed by atoms with van der Waals surface area (Å²) in [4.78, 5) is 1.08. The average molecular weight is 253 g/mol. The molecular weight excluding hydrogens is 240 g/mol. The summed E-state index contributed by atoms with van der Waals surface area (Å²) in [7, 11) is 0. The molecule has 0 fully saturated rings. The van der Waals surface area contributed by atoms with Crippen molar-refractivity contribution in [2.75, 3.05) is 5.32 Å². The van der Waals surface area contributed by atoms with Crippen molar-refractivity contribution >= 4 is 17.0 Å². The smallest absolute Gasteiger partial charge is 0.149 e. The molecule has 0 aliphatic carbocycles. The quantitative estimate of drug-likeness (QED) is 0.840. The Morgan fingerprint density at radius 3 is 2.41 bits per heavy atom. The van der Waals surface area contributed by atoms with E-state index < -0.39 is 11.6 Å². The molecule has 0 spiro atoms. The Morgan fingerprint density at radius 2 is 1.88 bits per heavy atom. The first-order valence-electron chi connectivity index (χ1n) is 5.46. The number of hydrogen-bond donors (Lipinski definition) is 1.